The Hall–Kier alpha value is -2.24. The fourth-order valence-corrected chi connectivity index (χ4v) is 4.24. The van der Waals surface area contributed by atoms with E-state index >= 15 is 0 Å². The lowest BCUT2D eigenvalue weighted by Gasteiger charge is -2.39. The number of rotatable bonds is 3. The number of aromatic nitrogens is 2. The number of nitrogens with zero attached hydrogens (tertiary/aromatic N) is 3. The number of benzene rings is 1. The van der Waals surface area contributed by atoms with Crippen LogP contribution in [0.4, 0.5) is 4.39 Å². The third kappa shape index (κ3) is 2.70. The summed E-state index contributed by atoms with van der Waals surface area (Å²) in [6, 6.07) is 7.34. The van der Waals surface area contributed by atoms with Crippen molar-refractivity contribution < 1.29 is 13.8 Å². The van der Waals surface area contributed by atoms with Crippen molar-refractivity contribution in [2.75, 3.05) is 0 Å². The maximum absolute atomic E-state index is 13.1. The zero-order valence-electron chi connectivity index (χ0n) is 13.6. The predicted molar refractivity (Wildman–Crippen MR) is 84.8 cm³/mol. The van der Waals surface area contributed by atoms with Crippen molar-refractivity contribution in [2.45, 2.75) is 57.0 Å². The molecule has 3 heterocycles. The number of halogens is 1. The topological polar surface area (TPSA) is 59.2 Å². The van der Waals surface area contributed by atoms with Crippen molar-refractivity contribution in [3.05, 3.63) is 47.0 Å². The van der Waals surface area contributed by atoms with Gasteiger partial charge in [-0.2, -0.15) is 0 Å². The van der Waals surface area contributed by atoms with E-state index in [1.165, 1.54) is 17.7 Å². The molecule has 2 aliphatic rings. The Balaban J connectivity index is 1.47. The molecule has 3 atom stereocenters. The van der Waals surface area contributed by atoms with Crippen LogP contribution in [0.3, 0.4) is 0 Å². The Morgan fingerprint density at radius 1 is 1.21 bits per heavy atom. The van der Waals surface area contributed by atoms with E-state index in [-0.39, 0.29) is 30.2 Å². The molecule has 5 nitrogen and oxygen atoms in total. The lowest BCUT2D eigenvalue weighted by molar-refractivity contribution is -0.135. The van der Waals surface area contributed by atoms with E-state index < -0.39 is 0 Å². The summed E-state index contributed by atoms with van der Waals surface area (Å²) < 4.78 is 17.8. The summed E-state index contributed by atoms with van der Waals surface area (Å²) >= 11 is 0. The molecule has 4 rings (SSSR count). The van der Waals surface area contributed by atoms with Crippen LogP contribution >= 0.6 is 0 Å². The molecular formula is C18H20FN3O2. The van der Waals surface area contributed by atoms with Crippen LogP contribution in [0.15, 0.2) is 28.9 Å². The van der Waals surface area contributed by atoms with Gasteiger partial charge in [-0.15, -0.1) is 0 Å². The van der Waals surface area contributed by atoms with Gasteiger partial charge < -0.3 is 4.90 Å². The largest absolute Gasteiger partial charge is 0.336 e. The molecule has 2 bridgehead atoms. The molecule has 0 aliphatic carbocycles. The number of amides is 1. The van der Waals surface area contributed by atoms with Gasteiger partial charge in [-0.05, 0) is 56.2 Å². The summed E-state index contributed by atoms with van der Waals surface area (Å²) in [7, 11) is 0. The van der Waals surface area contributed by atoms with Crippen LogP contribution in [0.25, 0.3) is 0 Å². The second-order valence-electron chi connectivity index (χ2n) is 6.88. The number of fused-ring (bicyclic) bond motifs is 2. The Labute approximate surface area is 139 Å². The molecule has 2 fully saturated rings. The Bertz CT molecular complexity index is 729. The van der Waals surface area contributed by atoms with Crippen LogP contribution in [0.2, 0.25) is 0 Å². The SMILES string of the molecule is Cc1nonc1CC(=O)N1[C@@H]2CC[C@H]1CC(c1ccc(F)cc1)C2. The zero-order valence-corrected chi connectivity index (χ0v) is 13.6. The van der Waals surface area contributed by atoms with Crippen molar-refractivity contribution in [3.8, 4) is 0 Å². The van der Waals surface area contributed by atoms with Gasteiger partial charge in [0, 0.05) is 12.1 Å². The first-order chi connectivity index (χ1) is 11.6. The molecule has 2 saturated heterocycles. The minimum Gasteiger partial charge on any atom is -0.336 e. The van der Waals surface area contributed by atoms with Gasteiger partial charge in [-0.25, -0.2) is 9.02 Å². The lowest BCUT2D eigenvalue weighted by Crippen LogP contribution is -2.46. The van der Waals surface area contributed by atoms with E-state index in [9.17, 15) is 9.18 Å². The average molecular weight is 329 g/mol. The van der Waals surface area contributed by atoms with Crippen LogP contribution < -0.4 is 0 Å². The molecule has 0 radical (unpaired) electrons. The van der Waals surface area contributed by atoms with Gasteiger partial charge in [0.1, 0.15) is 17.2 Å². The highest BCUT2D eigenvalue weighted by Gasteiger charge is 2.43. The second kappa shape index (κ2) is 6.00. The molecule has 0 N–H and O–H groups in total. The molecule has 1 unspecified atom stereocenters. The molecule has 24 heavy (non-hydrogen) atoms. The van der Waals surface area contributed by atoms with Gasteiger partial charge in [0.15, 0.2) is 0 Å². The van der Waals surface area contributed by atoms with E-state index in [1.807, 2.05) is 17.0 Å². The van der Waals surface area contributed by atoms with E-state index in [4.69, 9.17) is 0 Å². The summed E-state index contributed by atoms with van der Waals surface area (Å²) in [4.78, 5) is 14.8. The Morgan fingerprint density at radius 3 is 2.46 bits per heavy atom. The van der Waals surface area contributed by atoms with Crippen molar-refractivity contribution in [2.24, 2.45) is 0 Å². The van der Waals surface area contributed by atoms with Crippen LogP contribution in [0.5, 0.6) is 0 Å². The maximum atomic E-state index is 13.1. The van der Waals surface area contributed by atoms with E-state index in [2.05, 4.69) is 14.9 Å². The fraction of sp³-hybridized carbons (Fsp3) is 0.500. The fourth-order valence-electron chi connectivity index (χ4n) is 4.24. The second-order valence-corrected chi connectivity index (χ2v) is 6.88. The molecule has 2 aliphatic heterocycles. The maximum Gasteiger partial charge on any atom is 0.229 e. The first-order valence-corrected chi connectivity index (χ1v) is 8.46. The van der Waals surface area contributed by atoms with Gasteiger partial charge >= 0.3 is 0 Å². The molecule has 0 saturated carbocycles. The average Bonchev–Trinajstić information content (AvgIpc) is 3.08. The monoisotopic (exact) mass is 329 g/mol. The molecule has 2 aromatic rings. The Morgan fingerprint density at radius 2 is 1.88 bits per heavy atom. The first-order valence-electron chi connectivity index (χ1n) is 8.46. The number of hydrogen-bond acceptors (Lipinski definition) is 4. The van der Waals surface area contributed by atoms with Crippen molar-refractivity contribution >= 4 is 5.91 Å². The number of piperidine rings is 1. The third-order valence-corrected chi connectivity index (χ3v) is 5.43. The summed E-state index contributed by atoms with van der Waals surface area (Å²) in [5, 5.41) is 7.56. The molecular weight excluding hydrogens is 309 g/mol. The normalized spacial score (nSPS) is 25.9. The zero-order chi connectivity index (χ0) is 16.7. The summed E-state index contributed by atoms with van der Waals surface area (Å²) in [6.07, 6.45) is 4.24. The van der Waals surface area contributed by atoms with Crippen LogP contribution in [0, 0.1) is 12.7 Å². The lowest BCUT2D eigenvalue weighted by atomic mass is 9.85. The van der Waals surface area contributed by atoms with E-state index in [1.54, 1.807) is 6.92 Å². The number of carbonyl (C=O) groups excluding carboxylic acids is 1. The van der Waals surface area contributed by atoms with Gasteiger partial charge in [-0.3, -0.25) is 4.79 Å². The van der Waals surface area contributed by atoms with Crippen LogP contribution in [-0.2, 0) is 11.2 Å². The first kappa shape index (κ1) is 15.3. The van der Waals surface area contributed by atoms with Crippen LogP contribution in [0.1, 0.15) is 48.6 Å². The van der Waals surface area contributed by atoms with Gasteiger partial charge in [0.05, 0.1) is 6.42 Å². The highest BCUT2D eigenvalue weighted by molar-refractivity contribution is 5.79. The van der Waals surface area contributed by atoms with E-state index in [0.29, 0.717) is 17.3 Å². The predicted octanol–water partition coefficient (Wildman–Crippen LogP) is 3.00. The minimum atomic E-state index is -0.203. The smallest absolute Gasteiger partial charge is 0.229 e. The molecule has 1 aromatic carbocycles. The van der Waals surface area contributed by atoms with Crippen molar-refractivity contribution in [3.63, 3.8) is 0 Å². The quantitative estimate of drug-likeness (QED) is 0.868. The highest BCUT2D eigenvalue weighted by Crippen LogP contribution is 2.43. The number of carbonyl (C=O) groups is 1. The number of hydrogen-bond donors (Lipinski definition) is 0. The summed E-state index contributed by atoms with van der Waals surface area (Å²) in [5.74, 6) is 0.312. The van der Waals surface area contributed by atoms with Crippen molar-refractivity contribution in [1.82, 2.24) is 15.2 Å². The summed E-state index contributed by atoms with van der Waals surface area (Å²) in [5.41, 5.74) is 2.48. The third-order valence-electron chi connectivity index (χ3n) is 5.43. The minimum absolute atomic E-state index is 0.110. The summed E-state index contributed by atoms with van der Waals surface area (Å²) in [6.45, 7) is 1.80. The number of aryl methyl sites for hydroxylation is 1. The van der Waals surface area contributed by atoms with Gasteiger partial charge in [0.25, 0.3) is 0 Å². The van der Waals surface area contributed by atoms with Gasteiger partial charge in [0.2, 0.25) is 5.91 Å². The molecule has 126 valence electrons. The molecule has 1 aromatic heterocycles. The van der Waals surface area contributed by atoms with Crippen molar-refractivity contribution in [1.29, 1.82) is 0 Å². The molecule has 1 amide bonds. The highest BCUT2D eigenvalue weighted by atomic mass is 19.1. The van der Waals surface area contributed by atoms with Crippen LogP contribution in [-0.4, -0.2) is 33.2 Å². The van der Waals surface area contributed by atoms with Gasteiger partial charge in [-0.1, -0.05) is 22.4 Å². The molecule has 6 heteroatoms. The molecule has 0 spiro atoms. The van der Waals surface area contributed by atoms with E-state index in [0.717, 1.165) is 25.7 Å². The standard InChI is InChI=1S/C18H20FN3O2/c1-11-17(21-24-20-11)10-18(23)22-15-6-7-16(22)9-13(8-15)12-2-4-14(19)5-3-12/h2-5,13,15-16H,6-10H2,1H3/t13?,15-,16+. The Kier molecular flexibility index (Phi) is 3.82.